The van der Waals surface area contributed by atoms with Crippen LogP contribution in [0.4, 0.5) is 5.69 Å². The van der Waals surface area contributed by atoms with Gasteiger partial charge >= 0.3 is 0 Å². The summed E-state index contributed by atoms with van der Waals surface area (Å²) in [5, 5.41) is 12.6. The zero-order valence-corrected chi connectivity index (χ0v) is 18.3. The Hall–Kier alpha value is -2.06. The molecule has 0 aliphatic heterocycles. The lowest BCUT2D eigenvalue weighted by Crippen LogP contribution is -3.06. The van der Waals surface area contributed by atoms with Crippen molar-refractivity contribution in [1.29, 1.82) is 0 Å². The smallest absolute Gasteiger partial charge is 0.234 e. The van der Waals surface area contributed by atoms with Crippen molar-refractivity contribution in [3.63, 3.8) is 0 Å². The molecule has 0 spiro atoms. The van der Waals surface area contributed by atoms with E-state index in [0.29, 0.717) is 17.5 Å². The Bertz CT molecular complexity index is 763. The fourth-order valence-electron chi connectivity index (χ4n) is 3.10. The summed E-state index contributed by atoms with van der Waals surface area (Å²) in [6.45, 7) is 5.22. The number of nitrogens with zero attached hydrogens (tertiary/aromatic N) is 3. The third kappa shape index (κ3) is 5.72. The van der Waals surface area contributed by atoms with E-state index in [1.165, 1.54) is 16.7 Å². The number of carbonyl (C=O) groups is 1. The number of benzene rings is 1. The van der Waals surface area contributed by atoms with E-state index in [4.69, 9.17) is 4.74 Å². The zero-order valence-electron chi connectivity index (χ0n) is 17.5. The number of carbonyl (C=O) groups excluding carboxylic acids is 1. The van der Waals surface area contributed by atoms with Crippen molar-refractivity contribution in [2.45, 2.75) is 50.9 Å². The maximum absolute atomic E-state index is 12.4. The average Bonchev–Trinajstić information content (AvgIpc) is 3.08. The van der Waals surface area contributed by atoms with Crippen molar-refractivity contribution in [1.82, 2.24) is 14.8 Å². The van der Waals surface area contributed by atoms with E-state index in [1.54, 1.807) is 7.11 Å². The van der Waals surface area contributed by atoms with Gasteiger partial charge in [-0.25, -0.2) is 0 Å². The van der Waals surface area contributed by atoms with Gasteiger partial charge in [0.2, 0.25) is 5.91 Å². The molecule has 1 aromatic carbocycles. The third-order valence-electron chi connectivity index (χ3n) is 4.61. The number of rotatable bonds is 11. The van der Waals surface area contributed by atoms with E-state index in [9.17, 15) is 4.79 Å². The summed E-state index contributed by atoms with van der Waals surface area (Å²) in [4.78, 5) is 13.8. The van der Waals surface area contributed by atoms with Crippen molar-refractivity contribution in [3.8, 4) is 5.75 Å². The van der Waals surface area contributed by atoms with Gasteiger partial charge in [0, 0.05) is 13.0 Å². The molecule has 0 saturated carbocycles. The highest BCUT2D eigenvalue weighted by molar-refractivity contribution is 7.99. The molecule has 2 N–H and O–H groups in total. The van der Waals surface area contributed by atoms with Crippen LogP contribution in [0.3, 0.4) is 0 Å². The predicted molar refractivity (Wildman–Crippen MR) is 113 cm³/mol. The van der Waals surface area contributed by atoms with Crippen molar-refractivity contribution in [2.75, 3.05) is 32.3 Å². The Morgan fingerprint density at radius 1 is 1.29 bits per heavy atom. The number of quaternary nitrogens is 1. The van der Waals surface area contributed by atoms with E-state index in [1.807, 2.05) is 24.3 Å². The number of aromatic nitrogens is 3. The quantitative estimate of drug-likeness (QED) is 0.561. The Labute approximate surface area is 171 Å². The molecule has 1 aromatic heterocycles. The number of unbranched alkanes of at least 4 members (excludes halogenated alkanes) is 1. The van der Waals surface area contributed by atoms with Gasteiger partial charge in [0.25, 0.3) is 0 Å². The van der Waals surface area contributed by atoms with Gasteiger partial charge in [0.1, 0.15) is 11.8 Å². The molecule has 0 fully saturated rings. The molecule has 2 rings (SSSR count). The van der Waals surface area contributed by atoms with Gasteiger partial charge in [-0.1, -0.05) is 44.2 Å². The van der Waals surface area contributed by atoms with Crippen molar-refractivity contribution in [2.24, 2.45) is 0 Å². The Morgan fingerprint density at radius 3 is 2.68 bits per heavy atom. The Morgan fingerprint density at radius 2 is 2.04 bits per heavy atom. The second kappa shape index (κ2) is 11.1. The first kappa shape index (κ1) is 22.2. The maximum atomic E-state index is 12.4. The summed E-state index contributed by atoms with van der Waals surface area (Å²) in [6.07, 6.45) is 3.15. The number of hydrogen-bond acceptors (Lipinski definition) is 5. The summed E-state index contributed by atoms with van der Waals surface area (Å²) in [6, 6.07) is 7.69. The summed E-state index contributed by atoms with van der Waals surface area (Å²) in [7, 11) is 5.87. The number of ether oxygens (including phenoxy) is 1. The van der Waals surface area contributed by atoms with Gasteiger partial charge in [-0.3, -0.25) is 4.79 Å². The molecule has 0 aliphatic rings. The first-order chi connectivity index (χ1) is 13.5. The molecule has 154 valence electrons. The number of methoxy groups -OCH3 is 1. The number of nitrogens with one attached hydrogen (secondary N) is 2. The molecule has 0 unspecified atom stereocenters. The lowest BCUT2D eigenvalue weighted by atomic mass is 10.2. The molecule has 28 heavy (non-hydrogen) atoms. The van der Waals surface area contributed by atoms with E-state index in [2.05, 4.69) is 48.0 Å². The molecule has 0 aliphatic carbocycles. The predicted octanol–water partition coefficient (Wildman–Crippen LogP) is 2.41. The fourth-order valence-corrected chi connectivity index (χ4v) is 3.88. The monoisotopic (exact) mass is 406 g/mol. The normalized spacial score (nSPS) is 12.2. The summed E-state index contributed by atoms with van der Waals surface area (Å²) in [5.41, 5.74) is 0.672. The SMILES string of the molecule is CCCCn1c(SCC(=O)Nc2ccccc2OC)nnc1[C@@H](CC)[NH+](C)C. The van der Waals surface area contributed by atoms with Crippen LogP contribution in [-0.4, -0.2) is 47.6 Å². The van der Waals surface area contributed by atoms with Crippen LogP contribution in [0.1, 0.15) is 45.0 Å². The number of amides is 1. The number of para-hydroxylation sites is 2. The zero-order chi connectivity index (χ0) is 20.5. The van der Waals surface area contributed by atoms with E-state index in [-0.39, 0.29) is 11.7 Å². The highest BCUT2D eigenvalue weighted by atomic mass is 32.2. The van der Waals surface area contributed by atoms with Crippen molar-refractivity contribution < 1.29 is 14.4 Å². The molecule has 1 atom stereocenters. The maximum Gasteiger partial charge on any atom is 0.234 e. The average molecular weight is 407 g/mol. The standard InChI is InChI=1S/C20H31N5O2S/c1-6-8-13-25-19(16(7-2)24(3)4)22-23-20(25)28-14-18(26)21-15-11-9-10-12-17(15)27-5/h9-12,16H,6-8,13-14H2,1-5H3,(H,21,26)/p+1/t16-/m1/s1. The van der Waals surface area contributed by atoms with Gasteiger partial charge in [-0.15, -0.1) is 10.2 Å². The largest absolute Gasteiger partial charge is 0.495 e. The van der Waals surface area contributed by atoms with Gasteiger partial charge in [-0.2, -0.15) is 0 Å². The van der Waals surface area contributed by atoms with Crippen LogP contribution in [0.15, 0.2) is 29.4 Å². The number of anilines is 1. The molecule has 1 heterocycles. The minimum atomic E-state index is -0.0913. The first-order valence-corrected chi connectivity index (χ1v) is 10.8. The molecule has 7 nitrogen and oxygen atoms in total. The van der Waals surface area contributed by atoms with Crippen LogP contribution in [0.5, 0.6) is 5.75 Å². The molecule has 0 radical (unpaired) electrons. The van der Waals surface area contributed by atoms with Gasteiger partial charge < -0.3 is 19.5 Å². The van der Waals surface area contributed by atoms with E-state index < -0.39 is 0 Å². The summed E-state index contributed by atoms with van der Waals surface area (Å²) >= 11 is 1.43. The van der Waals surface area contributed by atoms with E-state index >= 15 is 0 Å². The topological polar surface area (TPSA) is 73.5 Å². The van der Waals surface area contributed by atoms with Crippen LogP contribution >= 0.6 is 11.8 Å². The molecular weight excluding hydrogens is 374 g/mol. The van der Waals surface area contributed by atoms with Crippen molar-refractivity contribution in [3.05, 3.63) is 30.1 Å². The van der Waals surface area contributed by atoms with Crippen LogP contribution in [0.2, 0.25) is 0 Å². The second-order valence-corrected chi connectivity index (χ2v) is 7.86. The van der Waals surface area contributed by atoms with E-state index in [0.717, 1.165) is 36.8 Å². The van der Waals surface area contributed by atoms with Crippen molar-refractivity contribution >= 4 is 23.4 Å². The lowest BCUT2D eigenvalue weighted by molar-refractivity contribution is -0.893. The molecule has 2 aromatic rings. The number of thioether (sulfide) groups is 1. The minimum absolute atomic E-state index is 0.0913. The molecule has 0 bridgehead atoms. The number of hydrogen-bond donors (Lipinski definition) is 2. The van der Waals surface area contributed by atoms with Gasteiger partial charge in [0.05, 0.1) is 32.6 Å². The first-order valence-electron chi connectivity index (χ1n) is 9.80. The highest BCUT2D eigenvalue weighted by Crippen LogP contribution is 2.25. The van der Waals surface area contributed by atoms with Crippen LogP contribution in [0.25, 0.3) is 0 Å². The third-order valence-corrected chi connectivity index (χ3v) is 5.58. The summed E-state index contributed by atoms with van der Waals surface area (Å²) < 4.78 is 7.47. The molecule has 8 heteroatoms. The summed E-state index contributed by atoms with van der Waals surface area (Å²) in [5.74, 6) is 1.83. The Balaban J connectivity index is 2.10. The second-order valence-electron chi connectivity index (χ2n) is 6.92. The van der Waals surface area contributed by atoms with Crippen LogP contribution < -0.4 is 15.0 Å². The molecular formula is C20H32N5O2S+. The van der Waals surface area contributed by atoms with Crippen LogP contribution in [-0.2, 0) is 11.3 Å². The Kier molecular flexibility index (Phi) is 8.79. The van der Waals surface area contributed by atoms with Crippen LogP contribution in [0, 0.1) is 0 Å². The highest BCUT2D eigenvalue weighted by Gasteiger charge is 2.25. The lowest BCUT2D eigenvalue weighted by Gasteiger charge is -2.20. The minimum Gasteiger partial charge on any atom is -0.495 e. The molecule has 0 saturated heterocycles. The van der Waals surface area contributed by atoms with Gasteiger partial charge in [-0.05, 0) is 18.6 Å². The fraction of sp³-hybridized carbons (Fsp3) is 0.550. The van der Waals surface area contributed by atoms with Gasteiger partial charge in [0.15, 0.2) is 11.0 Å². The molecule has 1 amide bonds.